The first kappa shape index (κ1) is 21.3. The Balaban J connectivity index is 1.53. The number of rotatable bonds is 6. The van der Waals surface area contributed by atoms with E-state index in [9.17, 15) is 9.18 Å². The molecular formula is C22H19FN4O4S. The fourth-order valence-corrected chi connectivity index (χ4v) is 3.65. The molecule has 4 rings (SSSR count). The van der Waals surface area contributed by atoms with Crippen molar-refractivity contribution in [2.24, 2.45) is 0 Å². The number of pyridine rings is 1. The third-order valence-corrected chi connectivity index (χ3v) is 5.29. The number of nitrogens with zero attached hydrogens (tertiary/aromatic N) is 2. The van der Waals surface area contributed by atoms with Gasteiger partial charge in [0.1, 0.15) is 17.3 Å². The minimum Gasteiger partial charge on any atom is -0.493 e. The molecule has 2 amide bonds. The molecule has 164 valence electrons. The van der Waals surface area contributed by atoms with Gasteiger partial charge in [-0.05, 0) is 31.2 Å². The molecule has 0 bridgehead atoms. The third-order valence-electron chi connectivity index (χ3n) is 4.47. The van der Waals surface area contributed by atoms with Crippen molar-refractivity contribution in [1.29, 1.82) is 0 Å². The van der Waals surface area contributed by atoms with Crippen molar-refractivity contribution in [2.45, 2.75) is 6.92 Å². The summed E-state index contributed by atoms with van der Waals surface area (Å²) in [7, 11) is 3.08. The number of urea groups is 1. The van der Waals surface area contributed by atoms with Gasteiger partial charge < -0.3 is 19.5 Å². The number of nitrogens with one attached hydrogen (secondary N) is 2. The van der Waals surface area contributed by atoms with Crippen molar-refractivity contribution in [3.05, 3.63) is 59.5 Å². The van der Waals surface area contributed by atoms with Crippen LogP contribution in [0.1, 0.15) is 4.88 Å². The summed E-state index contributed by atoms with van der Waals surface area (Å²) in [5, 5.41) is 6.13. The van der Waals surface area contributed by atoms with E-state index in [1.54, 1.807) is 43.8 Å². The smallest absolute Gasteiger partial charge is 0.325 e. The quantitative estimate of drug-likeness (QED) is 0.394. The van der Waals surface area contributed by atoms with E-state index in [4.69, 9.17) is 14.2 Å². The van der Waals surface area contributed by atoms with Crippen LogP contribution in [0.25, 0.3) is 10.9 Å². The molecule has 0 atom stereocenters. The molecular weight excluding hydrogens is 435 g/mol. The Hall–Kier alpha value is -3.92. The molecule has 0 radical (unpaired) electrons. The van der Waals surface area contributed by atoms with Gasteiger partial charge in [-0.15, -0.1) is 11.3 Å². The average molecular weight is 454 g/mol. The van der Waals surface area contributed by atoms with Crippen LogP contribution >= 0.6 is 11.3 Å². The van der Waals surface area contributed by atoms with Gasteiger partial charge in [0.15, 0.2) is 16.6 Å². The normalized spacial score (nSPS) is 10.6. The van der Waals surface area contributed by atoms with E-state index in [0.29, 0.717) is 33.3 Å². The number of ether oxygens (including phenoxy) is 3. The Morgan fingerprint density at radius 3 is 2.47 bits per heavy atom. The molecule has 0 spiro atoms. The van der Waals surface area contributed by atoms with Gasteiger partial charge in [0.05, 0.1) is 25.4 Å². The molecule has 0 aliphatic carbocycles. The van der Waals surface area contributed by atoms with Crippen molar-refractivity contribution < 1.29 is 23.4 Å². The standard InChI is InChI=1S/C22H19FN4O4S/c1-12-11-25-22(32-12)27-21(28)26-16-5-4-13(8-15(16)23)31-18-6-7-24-17-10-20(30-3)19(29-2)9-14(17)18/h4-11H,1-3H3,(H2,25,26,27,28). The lowest BCUT2D eigenvalue weighted by atomic mass is 10.2. The number of hydrogen-bond acceptors (Lipinski definition) is 7. The predicted molar refractivity (Wildman–Crippen MR) is 121 cm³/mol. The average Bonchev–Trinajstić information content (AvgIpc) is 3.19. The van der Waals surface area contributed by atoms with E-state index in [1.807, 2.05) is 6.92 Å². The molecule has 2 aromatic heterocycles. The number of fused-ring (bicyclic) bond motifs is 1. The Morgan fingerprint density at radius 2 is 1.78 bits per heavy atom. The van der Waals surface area contributed by atoms with Gasteiger partial charge in [-0.1, -0.05) is 0 Å². The summed E-state index contributed by atoms with van der Waals surface area (Å²) in [6, 6.07) is 8.72. The Bertz CT molecular complexity index is 1290. The molecule has 2 N–H and O–H groups in total. The molecule has 0 fully saturated rings. The number of methoxy groups -OCH3 is 2. The molecule has 0 aliphatic heterocycles. The van der Waals surface area contributed by atoms with E-state index < -0.39 is 11.8 Å². The second kappa shape index (κ2) is 9.06. The molecule has 4 aromatic rings. The Labute approximate surface area is 187 Å². The summed E-state index contributed by atoms with van der Waals surface area (Å²) in [6.07, 6.45) is 3.22. The molecule has 0 unspecified atom stereocenters. The number of carbonyl (C=O) groups is 1. The minimum atomic E-state index is -0.648. The van der Waals surface area contributed by atoms with Gasteiger partial charge in [0, 0.05) is 34.8 Å². The summed E-state index contributed by atoms with van der Waals surface area (Å²) in [5.74, 6) is 1.13. The second-order valence-corrected chi connectivity index (χ2v) is 7.87. The first-order valence-electron chi connectivity index (χ1n) is 9.45. The third kappa shape index (κ3) is 4.54. The molecule has 10 heteroatoms. The lowest BCUT2D eigenvalue weighted by Crippen LogP contribution is -2.19. The minimum absolute atomic E-state index is 0.00844. The lowest BCUT2D eigenvalue weighted by molar-refractivity contribution is 0.262. The van der Waals surface area contributed by atoms with E-state index in [2.05, 4.69) is 20.6 Å². The highest BCUT2D eigenvalue weighted by atomic mass is 32.1. The Kier molecular flexibility index (Phi) is 6.04. The molecule has 0 saturated heterocycles. The van der Waals surface area contributed by atoms with Crippen molar-refractivity contribution in [1.82, 2.24) is 9.97 Å². The van der Waals surface area contributed by atoms with Crippen LogP contribution in [-0.4, -0.2) is 30.2 Å². The number of aromatic nitrogens is 2. The highest BCUT2D eigenvalue weighted by Gasteiger charge is 2.13. The van der Waals surface area contributed by atoms with Crippen molar-refractivity contribution in [3.8, 4) is 23.0 Å². The van der Waals surface area contributed by atoms with E-state index >= 15 is 0 Å². The van der Waals surface area contributed by atoms with Crippen molar-refractivity contribution in [3.63, 3.8) is 0 Å². The van der Waals surface area contributed by atoms with Gasteiger partial charge in [-0.3, -0.25) is 10.3 Å². The van der Waals surface area contributed by atoms with Gasteiger partial charge in [0.25, 0.3) is 0 Å². The van der Waals surface area contributed by atoms with Gasteiger partial charge in [-0.25, -0.2) is 14.2 Å². The first-order chi connectivity index (χ1) is 15.5. The van der Waals surface area contributed by atoms with Crippen LogP contribution < -0.4 is 24.8 Å². The van der Waals surface area contributed by atoms with Crippen molar-refractivity contribution >= 4 is 39.1 Å². The van der Waals surface area contributed by atoms with Gasteiger partial charge in [0.2, 0.25) is 0 Å². The van der Waals surface area contributed by atoms with E-state index in [0.717, 1.165) is 4.88 Å². The molecule has 8 nitrogen and oxygen atoms in total. The lowest BCUT2D eigenvalue weighted by Gasteiger charge is -2.13. The Morgan fingerprint density at radius 1 is 1.00 bits per heavy atom. The zero-order chi connectivity index (χ0) is 22.7. The summed E-state index contributed by atoms with van der Waals surface area (Å²) >= 11 is 1.32. The number of anilines is 2. The van der Waals surface area contributed by atoms with E-state index in [-0.39, 0.29) is 11.4 Å². The highest BCUT2D eigenvalue weighted by molar-refractivity contribution is 7.15. The van der Waals surface area contributed by atoms with Crippen LogP contribution in [0.2, 0.25) is 0 Å². The number of halogens is 1. The fraction of sp³-hybridized carbons (Fsp3) is 0.136. The number of benzene rings is 2. The maximum atomic E-state index is 14.6. The SMILES string of the molecule is COc1cc2nccc(Oc3ccc(NC(=O)Nc4ncc(C)s4)c(F)c3)c2cc1OC. The number of amides is 2. The zero-order valence-electron chi connectivity index (χ0n) is 17.4. The van der Waals surface area contributed by atoms with Crippen LogP contribution in [0.3, 0.4) is 0 Å². The molecule has 0 saturated carbocycles. The zero-order valence-corrected chi connectivity index (χ0v) is 18.2. The molecule has 2 aromatic carbocycles. The van der Waals surface area contributed by atoms with Gasteiger partial charge in [-0.2, -0.15) is 0 Å². The van der Waals surface area contributed by atoms with E-state index in [1.165, 1.54) is 30.6 Å². The maximum Gasteiger partial charge on any atom is 0.325 e. The molecule has 0 aliphatic rings. The first-order valence-corrected chi connectivity index (χ1v) is 10.3. The van der Waals surface area contributed by atoms with Crippen LogP contribution in [0.4, 0.5) is 20.0 Å². The fourth-order valence-electron chi connectivity index (χ4n) is 2.99. The molecule has 32 heavy (non-hydrogen) atoms. The summed E-state index contributed by atoms with van der Waals surface area (Å²) in [5.41, 5.74) is 0.641. The molecule has 2 heterocycles. The van der Waals surface area contributed by atoms with Crippen LogP contribution in [0, 0.1) is 12.7 Å². The van der Waals surface area contributed by atoms with Crippen molar-refractivity contribution in [2.75, 3.05) is 24.9 Å². The van der Waals surface area contributed by atoms with Crippen LogP contribution in [-0.2, 0) is 0 Å². The van der Waals surface area contributed by atoms with Crippen LogP contribution in [0.15, 0.2) is 48.8 Å². The summed E-state index contributed by atoms with van der Waals surface area (Å²) in [4.78, 5) is 21.4. The number of thiazole rings is 1. The number of carbonyl (C=O) groups excluding carboxylic acids is 1. The van der Waals surface area contributed by atoms with Gasteiger partial charge >= 0.3 is 6.03 Å². The second-order valence-electron chi connectivity index (χ2n) is 6.63. The predicted octanol–water partition coefficient (Wildman–Crippen LogP) is 5.59. The number of hydrogen-bond donors (Lipinski definition) is 2. The maximum absolute atomic E-state index is 14.6. The summed E-state index contributed by atoms with van der Waals surface area (Å²) < 4.78 is 31.1. The monoisotopic (exact) mass is 454 g/mol. The topological polar surface area (TPSA) is 94.6 Å². The highest BCUT2D eigenvalue weighted by Crippen LogP contribution is 2.37. The largest absolute Gasteiger partial charge is 0.493 e. The van der Waals surface area contributed by atoms with Crippen LogP contribution in [0.5, 0.6) is 23.0 Å². The summed E-state index contributed by atoms with van der Waals surface area (Å²) in [6.45, 7) is 1.87. The number of aryl methyl sites for hydroxylation is 1.